The van der Waals surface area contributed by atoms with Crippen molar-refractivity contribution in [1.29, 1.82) is 5.26 Å². The molecule has 1 aromatic heterocycles. The Labute approximate surface area is 198 Å². The van der Waals surface area contributed by atoms with Crippen molar-refractivity contribution < 1.29 is 18.0 Å². The maximum Gasteiger partial charge on any atom is 0.272 e. The molecule has 1 N–H and O–H groups in total. The normalized spacial score (nSPS) is 19.8. The van der Waals surface area contributed by atoms with Crippen LogP contribution in [0.25, 0.3) is 0 Å². The minimum absolute atomic E-state index is 0.215. The Bertz CT molecular complexity index is 1310. The van der Waals surface area contributed by atoms with Crippen LogP contribution in [0.2, 0.25) is 0 Å². The van der Waals surface area contributed by atoms with Crippen molar-refractivity contribution >= 4 is 21.7 Å². The summed E-state index contributed by atoms with van der Waals surface area (Å²) in [7, 11) is -1.58. The summed E-state index contributed by atoms with van der Waals surface area (Å²) in [6.45, 7) is 2.43. The van der Waals surface area contributed by atoms with Gasteiger partial charge in [-0.2, -0.15) is 10.4 Å². The predicted molar refractivity (Wildman–Crippen MR) is 124 cm³/mol. The van der Waals surface area contributed by atoms with E-state index in [-0.39, 0.29) is 35.3 Å². The van der Waals surface area contributed by atoms with E-state index in [2.05, 4.69) is 16.5 Å². The number of nitriles is 1. The third-order valence-corrected chi connectivity index (χ3v) is 10.3. The average molecular weight is 482 g/mol. The number of carbonyl (C=O) groups is 2. The second-order valence-electron chi connectivity index (χ2n) is 9.63. The summed E-state index contributed by atoms with van der Waals surface area (Å²) in [4.78, 5) is 28.0. The van der Waals surface area contributed by atoms with Crippen LogP contribution in [0.3, 0.4) is 0 Å². The number of sulfone groups is 1. The fraction of sp³-hybridized carbons (Fsp3) is 0.500. The van der Waals surface area contributed by atoms with Gasteiger partial charge in [0.15, 0.2) is 15.5 Å². The Morgan fingerprint density at radius 3 is 2.56 bits per heavy atom. The van der Waals surface area contributed by atoms with Crippen LogP contribution in [0.5, 0.6) is 0 Å². The number of hydrogen-bond acceptors (Lipinski definition) is 6. The number of aryl methyl sites for hydroxylation is 1. The van der Waals surface area contributed by atoms with Gasteiger partial charge in [0.2, 0.25) is 0 Å². The molecule has 2 saturated carbocycles. The third-order valence-electron chi connectivity index (χ3n) is 7.22. The first kappa shape index (κ1) is 22.6. The molecular formula is C24H27N5O4S. The molecule has 178 valence electrons. The number of fused-ring (bicyclic) bond motifs is 1. The van der Waals surface area contributed by atoms with Crippen molar-refractivity contribution in [2.45, 2.75) is 55.1 Å². The number of aromatic nitrogens is 2. The number of nitrogens with one attached hydrogen (secondary N) is 1. The van der Waals surface area contributed by atoms with Gasteiger partial charge in [0.05, 0.1) is 27.7 Å². The highest BCUT2D eigenvalue weighted by molar-refractivity contribution is 7.94. The van der Waals surface area contributed by atoms with Crippen LogP contribution in [-0.2, 0) is 23.3 Å². The minimum Gasteiger partial charge on any atom is -0.344 e. The molecular weight excluding hydrogens is 454 g/mol. The van der Waals surface area contributed by atoms with Crippen LogP contribution in [0.15, 0.2) is 24.3 Å². The second kappa shape index (κ2) is 7.94. The molecule has 9 nitrogen and oxygen atoms in total. The van der Waals surface area contributed by atoms with Crippen molar-refractivity contribution in [3.63, 3.8) is 0 Å². The number of rotatable bonds is 7. The molecule has 1 aromatic carbocycles. The molecule has 0 unspecified atom stereocenters. The van der Waals surface area contributed by atoms with E-state index in [1.54, 1.807) is 36.2 Å². The Hall–Kier alpha value is -3.19. The standard InChI is InChI=1S/C24H27N5O4S/c1-15(17-5-3-16(13-25)4-6-17)26-22(30)20-19-9-12-29(23(31)21(19)28(2)27-20)14-24(10-11-24)34(32,33)18-7-8-18/h3-6,15,18H,7-12,14H2,1-2H3,(H,26,30)/t15-/m1/s1. The van der Waals surface area contributed by atoms with E-state index >= 15 is 0 Å². The first-order valence-electron chi connectivity index (χ1n) is 11.6. The number of benzene rings is 1. The zero-order valence-corrected chi connectivity index (χ0v) is 20.1. The van der Waals surface area contributed by atoms with Crippen molar-refractivity contribution in [3.8, 4) is 6.07 Å². The Morgan fingerprint density at radius 1 is 1.29 bits per heavy atom. The summed E-state index contributed by atoms with van der Waals surface area (Å²) in [6, 6.07) is 8.74. The van der Waals surface area contributed by atoms with Crippen LogP contribution >= 0.6 is 0 Å². The lowest BCUT2D eigenvalue weighted by molar-refractivity contribution is 0.0724. The maximum atomic E-state index is 13.3. The average Bonchev–Trinajstić information content (AvgIpc) is 3.74. The maximum absolute atomic E-state index is 13.3. The summed E-state index contributed by atoms with van der Waals surface area (Å²) in [5, 5.41) is 16.0. The Kier molecular flexibility index (Phi) is 5.28. The van der Waals surface area contributed by atoms with Gasteiger partial charge in [0.25, 0.3) is 11.8 Å². The molecule has 2 amide bonds. The van der Waals surface area contributed by atoms with Gasteiger partial charge in [-0.05, 0) is 56.7 Å². The Balaban J connectivity index is 1.32. The molecule has 10 heteroatoms. The van der Waals surface area contributed by atoms with Crippen molar-refractivity contribution in [2.24, 2.45) is 7.05 Å². The van der Waals surface area contributed by atoms with E-state index in [0.29, 0.717) is 42.6 Å². The fourth-order valence-corrected chi connectivity index (χ4v) is 7.32. The summed E-state index contributed by atoms with van der Waals surface area (Å²) in [5.74, 6) is -0.641. The smallest absolute Gasteiger partial charge is 0.272 e. The monoisotopic (exact) mass is 481 g/mol. The second-order valence-corrected chi connectivity index (χ2v) is 12.3. The van der Waals surface area contributed by atoms with E-state index in [1.165, 1.54) is 4.68 Å². The molecule has 0 bridgehead atoms. The highest BCUT2D eigenvalue weighted by Gasteiger charge is 2.60. The molecule has 3 aliphatic rings. The molecule has 2 heterocycles. The van der Waals surface area contributed by atoms with Crippen LogP contribution < -0.4 is 5.32 Å². The SMILES string of the molecule is C[C@@H](NC(=O)c1nn(C)c2c1CCN(CC1(S(=O)(=O)C3CC3)CC1)C2=O)c1ccc(C#N)cc1. The fourth-order valence-electron chi connectivity index (χ4n) is 4.85. The summed E-state index contributed by atoms with van der Waals surface area (Å²) < 4.78 is 26.4. The van der Waals surface area contributed by atoms with E-state index in [4.69, 9.17) is 5.26 Å². The summed E-state index contributed by atoms with van der Waals surface area (Å²) >= 11 is 0. The number of amides is 2. The van der Waals surface area contributed by atoms with Gasteiger partial charge in [0, 0.05) is 25.7 Å². The number of carbonyl (C=O) groups excluding carboxylic acids is 2. The molecule has 1 atom stereocenters. The van der Waals surface area contributed by atoms with Crippen molar-refractivity contribution in [1.82, 2.24) is 20.0 Å². The quantitative estimate of drug-likeness (QED) is 0.644. The van der Waals surface area contributed by atoms with Gasteiger partial charge >= 0.3 is 0 Å². The molecule has 5 rings (SSSR count). The van der Waals surface area contributed by atoms with Crippen molar-refractivity contribution in [2.75, 3.05) is 13.1 Å². The van der Waals surface area contributed by atoms with Gasteiger partial charge in [-0.25, -0.2) is 8.42 Å². The molecule has 2 aromatic rings. The molecule has 2 aliphatic carbocycles. The zero-order valence-electron chi connectivity index (χ0n) is 19.2. The lowest BCUT2D eigenvalue weighted by Gasteiger charge is -2.31. The zero-order chi connectivity index (χ0) is 24.3. The van der Waals surface area contributed by atoms with Gasteiger partial charge in [-0.3, -0.25) is 14.3 Å². The van der Waals surface area contributed by atoms with Crippen LogP contribution in [-0.4, -0.2) is 58.0 Å². The Morgan fingerprint density at radius 2 is 1.97 bits per heavy atom. The first-order valence-corrected chi connectivity index (χ1v) is 13.1. The van der Waals surface area contributed by atoms with Gasteiger partial charge in [0.1, 0.15) is 5.69 Å². The lowest BCUT2D eigenvalue weighted by Crippen LogP contribution is -2.46. The first-order chi connectivity index (χ1) is 16.2. The van der Waals surface area contributed by atoms with Gasteiger partial charge < -0.3 is 10.2 Å². The molecule has 0 saturated heterocycles. The van der Waals surface area contributed by atoms with Crippen LogP contribution in [0.1, 0.15) is 76.3 Å². The van der Waals surface area contributed by atoms with E-state index in [9.17, 15) is 18.0 Å². The minimum atomic E-state index is -3.22. The largest absolute Gasteiger partial charge is 0.344 e. The molecule has 1 aliphatic heterocycles. The summed E-state index contributed by atoms with van der Waals surface area (Å²) in [6.07, 6.45) is 3.11. The topological polar surface area (TPSA) is 125 Å². The molecule has 0 radical (unpaired) electrons. The van der Waals surface area contributed by atoms with Gasteiger partial charge in [-0.1, -0.05) is 12.1 Å². The van der Waals surface area contributed by atoms with E-state index in [0.717, 1.165) is 18.4 Å². The van der Waals surface area contributed by atoms with Crippen molar-refractivity contribution in [3.05, 3.63) is 52.3 Å². The van der Waals surface area contributed by atoms with Gasteiger partial charge in [-0.15, -0.1) is 0 Å². The van der Waals surface area contributed by atoms with Crippen LogP contribution in [0.4, 0.5) is 0 Å². The van der Waals surface area contributed by atoms with E-state index in [1.807, 2.05) is 6.92 Å². The van der Waals surface area contributed by atoms with Crippen LogP contribution in [0, 0.1) is 11.3 Å². The predicted octanol–water partition coefficient (Wildman–Crippen LogP) is 1.89. The molecule has 34 heavy (non-hydrogen) atoms. The number of hydrogen-bond donors (Lipinski definition) is 1. The molecule has 0 spiro atoms. The highest BCUT2D eigenvalue weighted by Crippen LogP contribution is 2.50. The van der Waals surface area contributed by atoms with E-state index < -0.39 is 14.6 Å². The molecule has 2 fully saturated rings. The lowest BCUT2D eigenvalue weighted by atomic mass is 10.0. The summed E-state index contributed by atoms with van der Waals surface area (Å²) in [5.41, 5.74) is 2.57. The third kappa shape index (κ3) is 3.68. The highest BCUT2D eigenvalue weighted by atomic mass is 32.2. The number of nitrogens with zero attached hydrogens (tertiary/aromatic N) is 4.